The van der Waals surface area contributed by atoms with Crippen LogP contribution in [0.1, 0.15) is 54.3 Å². The fourth-order valence-corrected chi connectivity index (χ4v) is 5.67. The Bertz CT molecular complexity index is 1990. The lowest BCUT2D eigenvalue weighted by Gasteiger charge is -2.18. The summed E-state index contributed by atoms with van der Waals surface area (Å²) in [6.07, 6.45) is 10.2. The smallest absolute Gasteiger partial charge is 0.229 e. The van der Waals surface area contributed by atoms with E-state index < -0.39 is 11.2 Å². The number of anilines is 1. The molecule has 0 atom stereocenters. The van der Waals surface area contributed by atoms with Crippen LogP contribution in [0.2, 0.25) is 0 Å². The molecule has 44 heavy (non-hydrogen) atoms. The number of Topliss-reactive ketones (excluding diaryl/α,β-unsaturated/α-hetero) is 1. The van der Waals surface area contributed by atoms with Crippen molar-refractivity contribution in [2.24, 2.45) is 15.4 Å². The molecule has 1 aliphatic rings. The number of pyridine rings is 3. The average molecular weight is 609 g/mol. The van der Waals surface area contributed by atoms with E-state index in [9.17, 15) is 9.59 Å². The van der Waals surface area contributed by atoms with E-state index in [4.69, 9.17) is 9.98 Å². The largest absolute Gasteiger partial charge is 0.335 e. The number of amides is 1. The first-order chi connectivity index (χ1) is 21.1. The molecular weight excluding hydrogens is 579 g/mol. The second-order valence-corrected chi connectivity index (χ2v) is 12.5. The Hall–Kier alpha value is -4.97. The molecule has 5 aromatic heterocycles. The maximum Gasteiger partial charge on any atom is 0.229 e. The number of rotatable bonds is 5. The molecule has 0 bridgehead atoms. The molecule has 0 saturated heterocycles. The van der Waals surface area contributed by atoms with Gasteiger partial charge in [-0.2, -0.15) is 0 Å². The van der Waals surface area contributed by atoms with Crippen LogP contribution in [0.15, 0.2) is 59.2 Å². The van der Waals surface area contributed by atoms with Crippen molar-refractivity contribution in [1.82, 2.24) is 24.9 Å². The SMILES string of the molecule is CC(=O)c1ccc(-c2cncc3[nH]c(C4=NCC=NCCc5cnc(-c6cncc(NC(=O)C(C)(C)C)c6)c(F)c54)nc23)s1. The van der Waals surface area contributed by atoms with Crippen LogP contribution in [0.5, 0.6) is 0 Å². The normalized spacial score (nSPS) is 13.5. The molecule has 6 rings (SSSR count). The van der Waals surface area contributed by atoms with E-state index in [1.54, 1.807) is 36.9 Å². The maximum atomic E-state index is 16.7. The van der Waals surface area contributed by atoms with Crippen molar-refractivity contribution in [2.45, 2.75) is 34.1 Å². The van der Waals surface area contributed by atoms with Crippen LogP contribution in [0.25, 0.3) is 32.7 Å². The van der Waals surface area contributed by atoms with Crippen LogP contribution in [0, 0.1) is 11.2 Å². The number of hydrogen-bond acceptors (Lipinski definition) is 9. The van der Waals surface area contributed by atoms with E-state index in [0.717, 1.165) is 10.4 Å². The molecule has 222 valence electrons. The number of ketones is 1. The van der Waals surface area contributed by atoms with Crippen molar-refractivity contribution in [2.75, 3.05) is 18.4 Å². The minimum atomic E-state index is -0.616. The van der Waals surface area contributed by atoms with E-state index in [2.05, 4.69) is 30.2 Å². The molecule has 2 N–H and O–H groups in total. The Labute approximate surface area is 256 Å². The topological polar surface area (TPSA) is 138 Å². The number of carbonyl (C=O) groups is 2. The van der Waals surface area contributed by atoms with Gasteiger partial charge in [0.1, 0.15) is 16.9 Å². The van der Waals surface area contributed by atoms with Crippen LogP contribution >= 0.6 is 11.3 Å². The highest BCUT2D eigenvalue weighted by atomic mass is 32.1. The molecule has 6 heterocycles. The molecule has 12 heteroatoms. The number of aromatic nitrogens is 5. The van der Waals surface area contributed by atoms with Gasteiger partial charge in [-0.3, -0.25) is 34.5 Å². The van der Waals surface area contributed by atoms with Gasteiger partial charge in [-0.1, -0.05) is 20.8 Å². The van der Waals surface area contributed by atoms with Gasteiger partial charge in [0.2, 0.25) is 5.91 Å². The van der Waals surface area contributed by atoms with Gasteiger partial charge in [0.25, 0.3) is 0 Å². The molecule has 0 radical (unpaired) electrons. The fraction of sp³-hybridized carbons (Fsp3) is 0.250. The highest BCUT2D eigenvalue weighted by Crippen LogP contribution is 2.34. The summed E-state index contributed by atoms with van der Waals surface area (Å²) in [5, 5.41) is 2.85. The molecule has 0 unspecified atom stereocenters. The van der Waals surface area contributed by atoms with Gasteiger partial charge in [-0.15, -0.1) is 11.3 Å². The molecule has 0 aromatic carbocycles. The van der Waals surface area contributed by atoms with Gasteiger partial charge in [-0.05, 0) is 37.1 Å². The standard InChI is InChI=1S/C32H29FN8O2S/c1-17(42)23-5-6-24(44-23)21-15-36-16-22-28(21)41-30(40-22)29-25-18(7-8-34-9-10-37-29)13-38-27(26(25)33)19-11-20(14-35-12-19)39-31(43)32(2,3)4/h5-6,9,11-16H,7-8,10H2,1-4H3,(H,39,43)(H,40,41). The van der Waals surface area contributed by atoms with Gasteiger partial charge in [0.05, 0.1) is 35.0 Å². The second kappa shape index (κ2) is 11.6. The second-order valence-electron chi connectivity index (χ2n) is 11.4. The Balaban J connectivity index is 1.47. The van der Waals surface area contributed by atoms with Crippen molar-refractivity contribution in [3.63, 3.8) is 0 Å². The van der Waals surface area contributed by atoms with Crippen LogP contribution in [-0.2, 0) is 11.2 Å². The predicted molar refractivity (Wildman–Crippen MR) is 170 cm³/mol. The minimum absolute atomic E-state index is 0.0143. The first kappa shape index (κ1) is 29.1. The van der Waals surface area contributed by atoms with E-state index in [-0.39, 0.29) is 29.5 Å². The zero-order valence-electron chi connectivity index (χ0n) is 24.6. The number of nitrogens with one attached hydrogen (secondary N) is 2. The minimum Gasteiger partial charge on any atom is -0.335 e. The number of carbonyl (C=O) groups excluding carboxylic acids is 2. The molecule has 0 saturated carbocycles. The summed E-state index contributed by atoms with van der Waals surface area (Å²) in [5.74, 6) is -0.408. The number of H-pyrrole nitrogens is 1. The fourth-order valence-electron chi connectivity index (χ4n) is 4.76. The van der Waals surface area contributed by atoms with Gasteiger partial charge >= 0.3 is 0 Å². The van der Waals surface area contributed by atoms with Crippen molar-refractivity contribution < 1.29 is 14.0 Å². The quantitative estimate of drug-likeness (QED) is 0.237. The van der Waals surface area contributed by atoms with Gasteiger partial charge in [0, 0.05) is 58.3 Å². The number of halogens is 1. The zero-order valence-corrected chi connectivity index (χ0v) is 25.4. The number of imidazole rings is 1. The van der Waals surface area contributed by atoms with Crippen LogP contribution in [-0.4, -0.2) is 61.6 Å². The lowest BCUT2D eigenvalue weighted by Crippen LogP contribution is -2.27. The van der Waals surface area contributed by atoms with Crippen LogP contribution in [0.4, 0.5) is 10.1 Å². The third-order valence-corrected chi connectivity index (χ3v) is 8.31. The molecule has 1 aliphatic heterocycles. The molecule has 10 nitrogen and oxygen atoms in total. The summed E-state index contributed by atoms with van der Waals surface area (Å²) in [6.45, 7) is 7.65. The summed E-state index contributed by atoms with van der Waals surface area (Å²) in [7, 11) is 0. The van der Waals surface area contributed by atoms with Gasteiger partial charge in [0.15, 0.2) is 17.4 Å². The van der Waals surface area contributed by atoms with Crippen molar-refractivity contribution >= 4 is 51.7 Å². The Morgan fingerprint density at radius 3 is 2.66 bits per heavy atom. The molecule has 0 spiro atoms. The lowest BCUT2D eigenvalue weighted by atomic mass is 9.95. The number of aliphatic imine (C=N–C) groups is 2. The summed E-state index contributed by atoms with van der Waals surface area (Å²) in [4.78, 5) is 56.4. The Morgan fingerprint density at radius 1 is 1.07 bits per heavy atom. The number of aromatic amines is 1. The van der Waals surface area contributed by atoms with E-state index in [1.807, 2.05) is 26.8 Å². The highest BCUT2D eigenvalue weighted by Gasteiger charge is 2.26. The average Bonchev–Trinajstić information content (AvgIpc) is 3.66. The zero-order chi connectivity index (χ0) is 31.0. The number of hydrogen-bond donors (Lipinski definition) is 2. The van der Waals surface area contributed by atoms with E-state index >= 15 is 4.39 Å². The number of fused-ring (bicyclic) bond motifs is 2. The first-order valence-electron chi connectivity index (χ1n) is 14.0. The molecule has 5 aromatic rings. The van der Waals surface area contributed by atoms with Crippen LogP contribution < -0.4 is 5.32 Å². The maximum absolute atomic E-state index is 16.7. The highest BCUT2D eigenvalue weighted by molar-refractivity contribution is 7.17. The predicted octanol–water partition coefficient (Wildman–Crippen LogP) is 5.93. The monoisotopic (exact) mass is 608 g/mol. The van der Waals surface area contributed by atoms with Crippen LogP contribution in [0.3, 0.4) is 0 Å². The lowest BCUT2D eigenvalue weighted by molar-refractivity contribution is -0.123. The summed E-state index contributed by atoms with van der Waals surface area (Å²) in [6, 6.07) is 5.31. The number of nitrogens with zero attached hydrogens (tertiary/aromatic N) is 6. The molecule has 0 aliphatic carbocycles. The van der Waals surface area contributed by atoms with Gasteiger partial charge in [-0.25, -0.2) is 9.37 Å². The molecule has 0 fully saturated rings. The Morgan fingerprint density at radius 2 is 1.89 bits per heavy atom. The summed E-state index contributed by atoms with van der Waals surface area (Å²) >= 11 is 1.37. The van der Waals surface area contributed by atoms with Crippen molar-refractivity contribution in [1.29, 1.82) is 0 Å². The van der Waals surface area contributed by atoms with Crippen molar-refractivity contribution in [3.05, 3.63) is 76.8 Å². The summed E-state index contributed by atoms with van der Waals surface area (Å²) < 4.78 is 16.7. The van der Waals surface area contributed by atoms with Crippen molar-refractivity contribution in [3.8, 4) is 21.7 Å². The summed E-state index contributed by atoms with van der Waals surface area (Å²) in [5.41, 5.74) is 3.57. The van der Waals surface area contributed by atoms with E-state index in [0.29, 0.717) is 57.2 Å². The molecule has 1 amide bonds. The van der Waals surface area contributed by atoms with E-state index in [1.165, 1.54) is 30.7 Å². The Kier molecular flexibility index (Phi) is 7.68. The molecular formula is C32H29FN8O2S. The number of thiophene rings is 1. The third-order valence-electron chi connectivity index (χ3n) is 7.09. The third kappa shape index (κ3) is 5.68. The first-order valence-corrected chi connectivity index (χ1v) is 14.8. The van der Waals surface area contributed by atoms with Gasteiger partial charge < -0.3 is 10.3 Å².